The molecule has 1 atom stereocenters. The van der Waals surface area contributed by atoms with Crippen LogP contribution < -0.4 is 5.06 Å². The summed E-state index contributed by atoms with van der Waals surface area (Å²) in [6.45, 7) is 3.56. The van der Waals surface area contributed by atoms with Gasteiger partial charge in [-0.05, 0) is 31.5 Å². The predicted octanol–water partition coefficient (Wildman–Crippen LogP) is 3.47. The number of rotatable bonds is 6. The van der Waals surface area contributed by atoms with E-state index in [1.54, 1.807) is 13.8 Å². The molecule has 1 aliphatic heterocycles. The van der Waals surface area contributed by atoms with Crippen molar-refractivity contribution >= 4 is 17.7 Å². The van der Waals surface area contributed by atoms with Crippen molar-refractivity contribution in [1.82, 2.24) is 4.98 Å². The van der Waals surface area contributed by atoms with Crippen LogP contribution in [-0.2, 0) is 25.6 Å². The zero-order valence-electron chi connectivity index (χ0n) is 16.1. The fourth-order valence-corrected chi connectivity index (χ4v) is 3.32. The van der Waals surface area contributed by atoms with Gasteiger partial charge in [0, 0.05) is 18.6 Å². The summed E-state index contributed by atoms with van der Waals surface area (Å²) in [4.78, 5) is 35.8. The molecule has 7 nitrogen and oxygen atoms in total. The quantitative estimate of drug-likeness (QED) is 0.598. The van der Waals surface area contributed by atoms with Crippen LogP contribution in [0.1, 0.15) is 18.2 Å². The summed E-state index contributed by atoms with van der Waals surface area (Å²) >= 11 is 0. The molecule has 1 amide bonds. The number of aryl methyl sites for hydroxylation is 1. The number of amides is 1. The minimum Gasteiger partial charge on any atom is -0.439 e. The maximum Gasteiger partial charge on any atom is 0.374 e. The zero-order valence-corrected chi connectivity index (χ0v) is 16.1. The van der Waals surface area contributed by atoms with Crippen molar-refractivity contribution in [3.05, 3.63) is 72.0 Å². The highest BCUT2D eigenvalue weighted by atomic mass is 16.8. The molecule has 0 bridgehead atoms. The van der Waals surface area contributed by atoms with Crippen LogP contribution in [0.15, 0.2) is 65.1 Å². The molecule has 0 N–H and O–H groups in total. The van der Waals surface area contributed by atoms with E-state index in [2.05, 4.69) is 4.98 Å². The van der Waals surface area contributed by atoms with E-state index in [0.717, 1.165) is 16.2 Å². The van der Waals surface area contributed by atoms with Gasteiger partial charge in [0.15, 0.2) is 0 Å². The smallest absolute Gasteiger partial charge is 0.374 e. The predicted molar refractivity (Wildman–Crippen MR) is 105 cm³/mol. The Morgan fingerprint density at radius 2 is 1.69 bits per heavy atom. The van der Waals surface area contributed by atoms with Gasteiger partial charge in [-0.15, -0.1) is 5.06 Å². The van der Waals surface area contributed by atoms with Crippen LogP contribution in [0.3, 0.4) is 0 Å². The highest BCUT2D eigenvalue weighted by Gasteiger charge is 2.59. The minimum atomic E-state index is -1.76. The number of oxazole rings is 1. The topological polar surface area (TPSA) is 81.9 Å². The first kappa shape index (κ1) is 18.9. The van der Waals surface area contributed by atoms with Gasteiger partial charge in [0.05, 0.1) is 0 Å². The van der Waals surface area contributed by atoms with Crippen LogP contribution in [-0.4, -0.2) is 29.1 Å². The van der Waals surface area contributed by atoms with Crippen molar-refractivity contribution in [1.29, 1.82) is 0 Å². The number of hydroxylamine groups is 1. The van der Waals surface area contributed by atoms with Crippen molar-refractivity contribution in [2.24, 2.45) is 0 Å². The summed E-state index contributed by atoms with van der Waals surface area (Å²) in [5.41, 5.74) is -0.218. The van der Waals surface area contributed by atoms with Gasteiger partial charge < -0.3 is 14.0 Å². The molecule has 1 aromatic heterocycles. The molecule has 1 fully saturated rings. The number of hydrogen-bond donors (Lipinski definition) is 0. The molecule has 29 heavy (non-hydrogen) atoms. The van der Waals surface area contributed by atoms with Crippen molar-refractivity contribution in [2.45, 2.75) is 25.9 Å². The van der Waals surface area contributed by atoms with E-state index in [4.69, 9.17) is 14.0 Å². The fourth-order valence-electron chi connectivity index (χ4n) is 3.32. The van der Waals surface area contributed by atoms with E-state index in [1.807, 2.05) is 60.7 Å². The molecule has 148 valence electrons. The molecule has 0 aliphatic carbocycles. The maximum atomic E-state index is 13.3. The molecule has 1 aliphatic rings. The van der Waals surface area contributed by atoms with Gasteiger partial charge in [-0.25, -0.2) is 4.79 Å². The number of anilines is 1. The lowest BCUT2D eigenvalue weighted by Crippen LogP contribution is -2.48. The number of hydrogen-bond acceptors (Lipinski definition) is 6. The standard InChI is InChI=1S/C22H20N2O5/c1-3-27-22(14-16-10-6-4-7-11-16)20(25)24(29-21(22)26)18-15(2)28-19(23-18)17-12-8-5-9-13-17/h4-13H,3,14H2,1-2H3. The van der Waals surface area contributed by atoms with Crippen molar-refractivity contribution < 1.29 is 23.6 Å². The molecule has 0 spiro atoms. The second-order valence-corrected chi connectivity index (χ2v) is 6.67. The summed E-state index contributed by atoms with van der Waals surface area (Å²) in [5.74, 6) is -0.561. The third-order valence-electron chi connectivity index (χ3n) is 4.71. The van der Waals surface area contributed by atoms with Gasteiger partial charge in [0.1, 0.15) is 5.76 Å². The Kier molecular flexibility index (Phi) is 4.90. The van der Waals surface area contributed by atoms with Crippen LogP contribution in [0.25, 0.3) is 11.5 Å². The van der Waals surface area contributed by atoms with E-state index in [-0.39, 0.29) is 18.8 Å². The first-order valence-corrected chi connectivity index (χ1v) is 9.33. The zero-order chi connectivity index (χ0) is 20.4. The lowest BCUT2D eigenvalue weighted by atomic mass is 9.94. The van der Waals surface area contributed by atoms with Gasteiger partial charge in [-0.2, -0.15) is 4.98 Å². The second kappa shape index (κ2) is 7.52. The number of benzene rings is 2. The molecule has 1 saturated heterocycles. The van der Waals surface area contributed by atoms with Gasteiger partial charge in [0.2, 0.25) is 11.7 Å². The number of aromatic nitrogens is 1. The summed E-state index contributed by atoms with van der Waals surface area (Å²) in [6.07, 6.45) is 0.0677. The SMILES string of the molecule is CCOC1(Cc2ccccc2)C(=O)ON(c2nc(-c3ccccc3)oc2C)C1=O. The molecular formula is C22H20N2O5. The largest absolute Gasteiger partial charge is 0.439 e. The van der Waals surface area contributed by atoms with Crippen LogP contribution in [0.4, 0.5) is 5.82 Å². The summed E-state index contributed by atoms with van der Waals surface area (Å²) in [7, 11) is 0. The summed E-state index contributed by atoms with van der Waals surface area (Å²) in [5, 5.41) is 0.881. The minimum absolute atomic E-state index is 0.0677. The van der Waals surface area contributed by atoms with Crippen molar-refractivity contribution in [3.63, 3.8) is 0 Å². The Morgan fingerprint density at radius 3 is 2.34 bits per heavy atom. The monoisotopic (exact) mass is 392 g/mol. The molecule has 2 aromatic carbocycles. The van der Waals surface area contributed by atoms with Crippen molar-refractivity contribution in [2.75, 3.05) is 11.7 Å². The second-order valence-electron chi connectivity index (χ2n) is 6.67. The number of nitrogens with zero attached hydrogens (tertiary/aromatic N) is 2. The number of carbonyl (C=O) groups excluding carboxylic acids is 2. The van der Waals surface area contributed by atoms with E-state index in [1.165, 1.54) is 0 Å². The third-order valence-corrected chi connectivity index (χ3v) is 4.71. The molecule has 0 radical (unpaired) electrons. The lowest BCUT2D eigenvalue weighted by Gasteiger charge is -2.22. The third kappa shape index (κ3) is 3.30. The molecular weight excluding hydrogens is 372 g/mol. The van der Waals surface area contributed by atoms with Gasteiger partial charge in [-0.1, -0.05) is 48.5 Å². The average molecular weight is 392 g/mol. The molecule has 2 heterocycles. The number of ether oxygens (including phenoxy) is 1. The average Bonchev–Trinajstić information content (AvgIpc) is 3.23. The summed E-state index contributed by atoms with van der Waals surface area (Å²) < 4.78 is 11.4. The van der Waals surface area contributed by atoms with Crippen molar-refractivity contribution in [3.8, 4) is 11.5 Å². The first-order chi connectivity index (χ1) is 14.0. The Bertz CT molecular complexity index is 1030. The fraction of sp³-hybridized carbons (Fsp3) is 0.227. The highest BCUT2D eigenvalue weighted by Crippen LogP contribution is 2.35. The molecule has 4 rings (SSSR count). The maximum absolute atomic E-state index is 13.3. The number of carbonyl (C=O) groups is 2. The van der Waals surface area contributed by atoms with Gasteiger partial charge in [-0.3, -0.25) is 4.79 Å². The normalized spacial score (nSPS) is 18.9. The Hall–Kier alpha value is -3.45. The summed E-state index contributed by atoms with van der Waals surface area (Å²) in [6, 6.07) is 18.5. The van der Waals surface area contributed by atoms with Crippen LogP contribution in [0, 0.1) is 6.92 Å². The molecule has 3 aromatic rings. The highest BCUT2D eigenvalue weighted by molar-refractivity contribution is 6.17. The van der Waals surface area contributed by atoms with E-state index in [0.29, 0.717) is 11.7 Å². The Morgan fingerprint density at radius 1 is 1.03 bits per heavy atom. The van der Waals surface area contributed by atoms with Crippen LogP contribution in [0.5, 0.6) is 0 Å². The van der Waals surface area contributed by atoms with Crippen LogP contribution >= 0.6 is 0 Å². The van der Waals surface area contributed by atoms with Gasteiger partial charge >= 0.3 is 11.9 Å². The van der Waals surface area contributed by atoms with Crippen LogP contribution in [0.2, 0.25) is 0 Å². The molecule has 7 heteroatoms. The van der Waals surface area contributed by atoms with E-state index >= 15 is 0 Å². The van der Waals surface area contributed by atoms with E-state index < -0.39 is 17.5 Å². The first-order valence-electron chi connectivity index (χ1n) is 9.33. The lowest BCUT2D eigenvalue weighted by molar-refractivity contribution is -0.161. The molecule has 1 unspecified atom stereocenters. The molecule has 0 saturated carbocycles. The Balaban J connectivity index is 1.69. The Labute approximate surface area is 167 Å². The van der Waals surface area contributed by atoms with E-state index in [9.17, 15) is 9.59 Å². The van der Waals surface area contributed by atoms with Gasteiger partial charge in [0.25, 0.3) is 5.60 Å².